The monoisotopic (exact) mass is 362 g/mol. The van der Waals surface area contributed by atoms with Crippen LogP contribution in [0.5, 0.6) is 0 Å². The number of halogens is 1. The third kappa shape index (κ3) is 5.58. The second kappa shape index (κ2) is 10.6. The first kappa shape index (κ1) is 21.7. The van der Waals surface area contributed by atoms with Gasteiger partial charge >= 0.3 is 0 Å². The Morgan fingerprint density at radius 2 is 1.83 bits per heavy atom. The molecule has 0 aromatic rings. The van der Waals surface area contributed by atoms with E-state index in [0.29, 0.717) is 6.61 Å². The molecular formula is C18H35ClN2O3. The number of nitrogens with one attached hydrogen (secondary N) is 2. The Hall–Kier alpha value is -0.360. The summed E-state index contributed by atoms with van der Waals surface area (Å²) in [6.07, 6.45) is 7.74. The van der Waals surface area contributed by atoms with E-state index in [4.69, 9.17) is 9.47 Å². The van der Waals surface area contributed by atoms with Crippen molar-refractivity contribution in [3.8, 4) is 0 Å². The Bertz CT molecular complexity index is 362. The molecule has 0 aromatic heterocycles. The maximum atomic E-state index is 12.9. The summed E-state index contributed by atoms with van der Waals surface area (Å²) in [4.78, 5) is 12.9. The lowest BCUT2D eigenvalue weighted by atomic mass is 9.77. The summed E-state index contributed by atoms with van der Waals surface area (Å²) in [6, 6.07) is 0. The van der Waals surface area contributed by atoms with Crippen LogP contribution in [0.3, 0.4) is 0 Å². The highest BCUT2D eigenvalue weighted by atomic mass is 35.5. The first-order valence-electron chi connectivity index (χ1n) is 9.22. The van der Waals surface area contributed by atoms with Crippen LogP contribution in [0, 0.1) is 10.8 Å². The van der Waals surface area contributed by atoms with Gasteiger partial charge in [0.1, 0.15) is 0 Å². The van der Waals surface area contributed by atoms with E-state index in [9.17, 15) is 4.79 Å². The summed E-state index contributed by atoms with van der Waals surface area (Å²) in [5.74, 6) is 0.184. The number of piperidine rings is 1. The number of hydrogen-bond acceptors (Lipinski definition) is 4. The fourth-order valence-corrected chi connectivity index (χ4v) is 4.15. The molecule has 1 saturated carbocycles. The van der Waals surface area contributed by atoms with Crippen molar-refractivity contribution in [2.75, 3.05) is 46.6 Å². The number of carbonyl (C=O) groups excluding carboxylic acids is 1. The van der Waals surface area contributed by atoms with E-state index in [2.05, 4.69) is 10.6 Å². The molecule has 5 nitrogen and oxygen atoms in total. The lowest BCUT2D eigenvalue weighted by Gasteiger charge is -2.37. The first-order chi connectivity index (χ1) is 11.2. The van der Waals surface area contributed by atoms with E-state index in [1.54, 1.807) is 7.11 Å². The Balaban J connectivity index is 0.00000288. The van der Waals surface area contributed by atoms with Crippen LogP contribution in [-0.4, -0.2) is 52.5 Å². The summed E-state index contributed by atoms with van der Waals surface area (Å²) >= 11 is 0. The van der Waals surface area contributed by atoms with Gasteiger partial charge in [-0.05, 0) is 57.5 Å². The van der Waals surface area contributed by atoms with E-state index in [1.165, 1.54) is 25.7 Å². The second-order valence-electron chi connectivity index (χ2n) is 7.30. The van der Waals surface area contributed by atoms with Gasteiger partial charge < -0.3 is 20.1 Å². The van der Waals surface area contributed by atoms with Crippen LogP contribution in [-0.2, 0) is 14.3 Å². The van der Waals surface area contributed by atoms with Crippen molar-refractivity contribution < 1.29 is 14.3 Å². The first-order valence-corrected chi connectivity index (χ1v) is 9.22. The molecule has 0 unspecified atom stereocenters. The summed E-state index contributed by atoms with van der Waals surface area (Å²) < 4.78 is 10.9. The molecule has 0 atom stereocenters. The van der Waals surface area contributed by atoms with Crippen LogP contribution in [0.1, 0.15) is 51.9 Å². The van der Waals surface area contributed by atoms with Gasteiger partial charge in [0, 0.05) is 26.9 Å². The zero-order chi connectivity index (χ0) is 16.6. The average Bonchev–Trinajstić information content (AvgIpc) is 3.03. The Morgan fingerprint density at radius 3 is 2.42 bits per heavy atom. The molecule has 0 bridgehead atoms. The van der Waals surface area contributed by atoms with Gasteiger partial charge in [0.25, 0.3) is 0 Å². The zero-order valence-corrected chi connectivity index (χ0v) is 16.1. The Labute approximate surface area is 153 Å². The minimum atomic E-state index is -0.348. The molecule has 0 aromatic carbocycles. The fourth-order valence-electron chi connectivity index (χ4n) is 4.15. The van der Waals surface area contributed by atoms with E-state index in [-0.39, 0.29) is 29.1 Å². The number of rotatable bonds is 9. The number of methoxy groups -OCH3 is 1. The normalized spacial score (nSPS) is 21.9. The predicted octanol–water partition coefficient (Wildman–Crippen LogP) is 2.53. The second-order valence-corrected chi connectivity index (χ2v) is 7.30. The fraction of sp³-hybridized carbons (Fsp3) is 0.944. The molecule has 1 amide bonds. The van der Waals surface area contributed by atoms with Crippen LogP contribution < -0.4 is 10.6 Å². The van der Waals surface area contributed by atoms with E-state index in [0.717, 1.165) is 52.1 Å². The highest BCUT2D eigenvalue weighted by molar-refractivity contribution is 5.85. The lowest BCUT2D eigenvalue weighted by molar-refractivity contribution is -0.136. The third-order valence-electron chi connectivity index (χ3n) is 5.73. The molecule has 1 aliphatic carbocycles. The van der Waals surface area contributed by atoms with Gasteiger partial charge in [0.15, 0.2) is 0 Å². The SMILES string of the molecule is CCOCCC1(CNC(=O)C2(COC)CCNCC2)CCCC1.Cl. The third-order valence-corrected chi connectivity index (χ3v) is 5.73. The number of ether oxygens (including phenoxy) is 2. The molecule has 2 N–H and O–H groups in total. The van der Waals surface area contributed by atoms with Gasteiger partial charge in [-0.15, -0.1) is 12.4 Å². The lowest BCUT2D eigenvalue weighted by Crippen LogP contribution is -2.52. The van der Waals surface area contributed by atoms with Gasteiger partial charge in [-0.1, -0.05) is 12.8 Å². The maximum absolute atomic E-state index is 12.9. The molecule has 0 spiro atoms. The van der Waals surface area contributed by atoms with Crippen LogP contribution in [0.25, 0.3) is 0 Å². The van der Waals surface area contributed by atoms with Crippen molar-refractivity contribution in [3.63, 3.8) is 0 Å². The minimum Gasteiger partial charge on any atom is -0.384 e. The van der Waals surface area contributed by atoms with Crippen molar-refractivity contribution in [1.82, 2.24) is 10.6 Å². The quantitative estimate of drug-likeness (QED) is 0.619. The summed E-state index contributed by atoms with van der Waals surface area (Å²) in [5.41, 5.74) is -0.105. The number of carbonyl (C=O) groups is 1. The van der Waals surface area contributed by atoms with Crippen LogP contribution in [0.15, 0.2) is 0 Å². The standard InChI is InChI=1S/C18H34N2O3.ClH/c1-3-23-13-10-17(6-4-5-7-17)14-20-16(21)18(15-22-2)8-11-19-12-9-18;/h19H,3-15H2,1-2H3,(H,20,21);1H. The van der Waals surface area contributed by atoms with Crippen LogP contribution in [0.2, 0.25) is 0 Å². The molecule has 2 fully saturated rings. The van der Waals surface area contributed by atoms with E-state index >= 15 is 0 Å². The van der Waals surface area contributed by atoms with Crippen molar-refractivity contribution in [3.05, 3.63) is 0 Å². The molecular weight excluding hydrogens is 328 g/mol. The van der Waals surface area contributed by atoms with Crippen molar-refractivity contribution >= 4 is 18.3 Å². The van der Waals surface area contributed by atoms with Gasteiger partial charge in [0.2, 0.25) is 5.91 Å². The molecule has 6 heteroatoms. The average molecular weight is 363 g/mol. The number of amides is 1. The van der Waals surface area contributed by atoms with Gasteiger partial charge in [-0.2, -0.15) is 0 Å². The highest BCUT2D eigenvalue weighted by Gasteiger charge is 2.41. The predicted molar refractivity (Wildman–Crippen MR) is 98.7 cm³/mol. The Kier molecular flexibility index (Phi) is 9.57. The molecule has 1 aliphatic heterocycles. The van der Waals surface area contributed by atoms with Crippen LogP contribution in [0.4, 0.5) is 0 Å². The van der Waals surface area contributed by atoms with E-state index < -0.39 is 0 Å². The summed E-state index contributed by atoms with van der Waals surface area (Å²) in [7, 11) is 1.69. The summed E-state index contributed by atoms with van der Waals surface area (Å²) in [5, 5.41) is 6.63. The Morgan fingerprint density at radius 1 is 1.17 bits per heavy atom. The largest absolute Gasteiger partial charge is 0.384 e. The smallest absolute Gasteiger partial charge is 0.228 e. The van der Waals surface area contributed by atoms with Crippen molar-refractivity contribution in [1.29, 1.82) is 0 Å². The van der Waals surface area contributed by atoms with Gasteiger partial charge in [-0.3, -0.25) is 4.79 Å². The summed E-state index contributed by atoms with van der Waals surface area (Å²) in [6.45, 7) is 6.71. The highest BCUT2D eigenvalue weighted by Crippen LogP contribution is 2.41. The molecule has 1 saturated heterocycles. The van der Waals surface area contributed by atoms with Gasteiger partial charge in [-0.25, -0.2) is 0 Å². The zero-order valence-electron chi connectivity index (χ0n) is 15.3. The molecule has 0 radical (unpaired) electrons. The number of hydrogen-bond donors (Lipinski definition) is 2. The molecule has 142 valence electrons. The van der Waals surface area contributed by atoms with Crippen molar-refractivity contribution in [2.45, 2.75) is 51.9 Å². The molecule has 2 rings (SSSR count). The van der Waals surface area contributed by atoms with Crippen molar-refractivity contribution in [2.24, 2.45) is 10.8 Å². The van der Waals surface area contributed by atoms with E-state index in [1.807, 2.05) is 6.92 Å². The maximum Gasteiger partial charge on any atom is 0.228 e. The molecule has 1 heterocycles. The molecule has 2 aliphatic rings. The topological polar surface area (TPSA) is 59.6 Å². The van der Waals surface area contributed by atoms with Gasteiger partial charge in [0.05, 0.1) is 12.0 Å². The molecule has 24 heavy (non-hydrogen) atoms. The minimum absolute atomic E-state index is 0. The van der Waals surface area contributed by atoms with Crippen LogP contribution >= 0.6 is 12.4 Å².